The smallest absolute Gasteiger partial charge is 0.243 e. The number of halogens is 1. The van der Waals surface area contributed by atoms with Crippen LogP contribution in [0, 0.1) is 12.7 Å². The molecule has 5 nitrogen and oxygen atoms in total. The van der Waals surface area contributed by atoms with Crippen LogP contribution in [0.2, 0.25) is 0 Å². The van der Waals surface area contributed by atoms with Crippen LogP contribution < -0.4 is 10.1 Å². The molecular weight excluding hydrogens is 329 g/mol. The van der Waals surface area contributed by atoms with Gasteiger partial charge in [-0.2, -0.15) is 0 Å². The number of anilines is 1. The standard InChI is InChI=1S/C17H14FN3O2S/c1-11-20-12(10-24-11)9-16(22)21-14-6-4-8-19-17(14)23-15-7-3-2-5-13(15)18/h2-8,10H,9H2,1H3,(H,21,22). The number of nitrogens with one attached hydrogen (secondary N) is 1. The summed E-state index contributed by atoms with van der Waals surface area (Å²) < 4.78 is 19.2. The van der Waals surface area contributed by atoms with Gasteiger partial charge in [-0.3, -0.25) is 4.79 Å². The zero-order valence-electron chi connectivity index (χ0n) is 12.8. The van der Waals surface area contributed by atoms with Crippen LogP contribution >= 0.6 is 11.3 Å². The minimum Gasteiger partial charge on any atom is -0.434 e. The summed E-state index contributed by atoms with van der Waals surface area (Å²) in [7, 11) is 0. The second kappa shape index (κ2) is 7.18. The summed E-state index contributed by atoms with van der Waals surface area (Å²) in [5, 5.41) is 5.47. The molecule has 3 aromatic rings. The number of amides is 1. The maximum absolute atomic E-state index is 13.7. The highest BCUT2D eigenvalue weighted by molar-refractivity contribution is 7.09. The summed E-state index contributed by atoms with van der Waals surface area (Å²) >= 11 is 1.49. The zero-order valence-corrected chi connectivity index (χ0v) is 13.6. The Morgan fingerprint density at radius 1 is 1.29 bits per heavy atom. The highest BCUT2D eigenvalue weighted by Gasteiger charge is 2.13. The summed E-state index contributed by atoms with van der Waals surface area (Å²) in [6, 6.07) is 9.32. The molecule has 1 aromatic carbocycles. The maximum Gasteiger partial charge on any atom is 0.243 e. The maximum atomic E-state index is 13.7. The van der Waals surface area contributed by atoms with Crippen molar-refractivity contribution in [2.45, 2.75) is 13.3 Å². The average Bonchev–Trinajstić information content (AvgIpc) is 2.96. The summed E-state index contributed by atoms with van der Waals surface area (Å²) in [5.74, 6) is -0.572. The lowest BCUT2D eigenvalue weighted by atomic mass is 10.3. The molecular formula is C17H14FN3O2S. The molecule has 0 atom stereocenters. The Morgan fingerprint density at radius 2 is 2.12 bits per heavy atom. The fourth-order valence-electron chi connectivity index (χ4n) is 2.05. The third kappa shape index (κ3) is 3.94. The number of para-hydroxylation sites is 1. The molecule has 1 N–H and O–H groups in total. The first-order chi connectivity index (χ1) is 11.6. The number of nitrogens with zero attached hydrogens (tertiary/aromatic N) is 2. The number of aromatic nitrogens is 2. The highest BCUT2D eigenvalue weighted by Crippen LogP contribution is 2.28. The van der Waals surface area contributed by atoms with E-state index < -0.39 is 5.82 Å². The van der Waals surface area contributed by atoms with Gasteiger partial charge in [0.05, 0.1) is 17.1 Å². The van der Waals surface area contributed by atoms with E-state index in [4.69, 9.17) is 4.74 Å². The highest BCUT2D eigenvalue weighted by atomic mass is 32.1. The number of ether oxygens (including phenoxy) is 1. The molecule has 0 aliphatic heterocycles. The first-order valence-corrected chi connectivity index (χ1v) is 8.08. The summed E-state index contributed by atoms with van der Waals surface area (Å²) in [6.45, 7) is 1.88. The van der Waals surface area contributed by atoms with Crippen LogP contribution in [0.3, 0.4) is 0 Å². The molecule has 0 radical (unpaired) electrons. The number of carbonyl (C=O) groups is 1. The van der Waals surface area contributed by atoms with Gasteiger partial charge in [0, 0.05) is 11.6 Å². The van der Waals surface area contributed by atoms with Crippen LogP contribution in [0.1, 0.15) is 10.7 Å². The van der Waals surface area contributed by atoms with Gasteiger partial charge in [-0.1, -0.05) is 12.1 Å². The molecule has 0 fully saturated rings. The number of carbonyl (C=O) groups excluding carboxylic acids is 1. The number of benzene rings is 1. The Hall–Kier alpha value is -2.80. The predicted molar refractivity (Wildman–Crippen MR) is 89.9 cm³/mol. The van der Waals surface area contributed by atoms with Crippen LogP contribution in [0.25, 0.3) is 0 Å². The largest absolute Gasteiger partial charge is 0.434 e. The first kappa shape index (κ1) is 16.1. The van der Waals surface area contributed by atoms with Crippen molar-refractivity contribution in [3.05, 3.63) is 64.5 Å². The van der Waals surface area contributed by atoms with Gasteiger partial charge >= 0.3 is 0 Å². The number of pyridine rings is 1. The second-order valence-electron chi connectivity index (χ2n) is 4.97. The molecule has 0 aliphatic rings. The number of hydrogen-bond donors (Lipinski definition) is 1. The number of rotatable bonds is 5. The average molecular weight is 343 g/mol. The number of hydrogen-bond acceptors (Lipinski definition) is 5. The van der Waals surface area contributed by atoms with E-state index >= 15 is 0 Å². The molecule has 2 heterocycles. The molecule has 0 unspecified atom stereocenters. The fourth-order valence-corrected chi connectivity index (χ4v) is 2.66. The fraction of sp³-hybridized carbons (Fsp3) is 0.118. The Balaban J connectivity index is 1.74. The van der Waals surface area contributed by atoms with E-state index in [0.717, 1.165) is 5.01 Å². The van der Waals surface area contributed by atoms with E-state index in [0.29, 0.717) is 11.4 Å². The topological polar surface area (TPSA) is 64.1 Å². The monoisotopic (exact) mass is 343 g/mol. The van der Waals surface area contributed by atoms with Crippen LogP contribution in [0.15, 0.2) is 48.0 Å². The second-order valence-corrected chi connectivity index (χ2v) is 6.03. The Morgan fingerprint density at radius 3 is 2.88 bits per heavy atom. The van der Waals surface area contributed by atoms with Crippen LogP contribution in [-0.4, -0.2) is 15.9 Å². The number of aryl methyl sites for hydroxylation is 1. The van der Waals surface area contributed by atoms with Crippen molar-refractivity contribution in [3.8, 4) is 11.6 Å². The van der Waals surface area contributed by atoms with Gasteiger partial charge in [-0.05, 0) is 31.2 Å². The van der Waals surface area contributed by atoms with Gasteiger partial charge in [0.25, 0.3) is 0 Å². The van der Waals surface area contributed by atoms with Crippen molar-refractivity contribution < 1.29 is 13.9 Å². The molecule has 2 aromatic heterocycles. The van der Waals surface area contributed by atoms with Crippen molar-refractivity contribution in [1.82, 2.24) is 9.97 Å². The first-order valence-electron chi connectivity index (χ1n) is 7.20. The van der Waals surface area contributed by atoms with Crippen molar-refractivity contribution in [3.63, 3.8) is 0 Å². The van der Waals surface area contributed by atoms with Crippen molar-refractivity contribution in [2.75, 3.05) is 5.32 Å². The quantitative estimate of drug-likeness (QED) is 0.762. The predicted octanol–water partition coefficient (Wildman–Crippen LogP) is 3.96. The van der Waals surface area contributed by atoms with E-state index in [2.05, 4.69) is 15.3 Å². The van der Waals surface area contributed by atoms with Crippen LogP contribution in [-0.2, 0) is 11.2 Å². The lowest BCUT2D eigenvalue weighted by molar-refractivity contribution is -0.115. The van der Waals surface area contributed by atoms with Gasteiger partial charge in [0.1, 0.15) is 5.69 Å². The lowest BCUT2D eigenvalue weighted by Crippen LogP contribution is -2.15. The minimum atomic E-state index is -0.502. The zero-order chi connectivity index (χ0) is 16.9. The van der Waals surface area contributed by atoms with Crippen molar-refractivity contribution in [2.24, 2.45) is 0 Å². The number of thiazole rings is 1. The molecule has 0 saturated carbocycles. The van der Waals surface area contributed by atoms with Gasteiger partial charge < -0.3 is 10.1 Å². The van der Waals surface area contributed by atoms with Crippen molar-refractivity contribution in [1.29, 1.82) is 0 Å². The normalized spacial score (nSPS) is 10.4. The molecule has 24 heavy (non-hydrogen) atoms. The summed E-state index contributed by atoms with van der Waals surface area (Å²) in [6.07, 6.45) is 1.66. The van der Waals surface area contributed by atoms with E-state index in [-0.39, 0.29) is 24.0 Å². The molecule has 0 bridgehead atoms. The molecule has 0 saturated heterocycles. The van der Waals surface area contributed by atoms with Crippen molar-refractivity contribution >= 4 is 22.9 Å². The molecule has 3 rings (SSSR count). The Labute approximate surface area is 142 Å². The third-order valence-corrected chi connectivity index (χ3v) is 3.92. The van der Waals surface area contributed by atoms with E-state index in [1.807, 2.05) is 12.3 Å². The molecule has 7 heteroatoms. The van der Waals surface area contributed by atoms with E-state index in [1.54, 1.807) is 24.3 Å². The van der Waals surface area contributed by atoms with Crippen LogP contribution in [0.5, 0.6) is 11.6 Å². The molecule has 122 valence electrons. The molecule has 1 amide bonds. The Kier molecular flexibility index (Phi) is 4.81. The van der Waals surface area contributed by atoms with Gasteiger partial charge in [-0.15, -0.1) is 11.3 Å². The Bertz CT molecular complexity index is 866. The minimum absolute atomic E-state index is 0.0434. The molecule has 0 aliphatic carbocycles. The van der Waals surface area contributed by atoms with E-state index in [1.165, 1.54) is 29.7 Å². The van der Waals surface area contributed by atoms with Gasteiger partial charge in [-0.25, -0.2) is 14.4 Å². The summed E-state index contributed by atoms with van der Waals surface area (Å²) in [5.41, 5.74) is 1.08. The van der Waals surface area contributed by atoms with Gasteiger partial charge in [0.2, 0.25) is 11.8 Å². The lowest BCUT2D eigenvalue weighted by Gasteiger charge is -2.11. The van der Waals surface area contributed by atoms with Gasteiger partial charge in [0.15, 0.2) is 11.6 Å². The summed E-state index contributed by atoms with van der Waals surface area (Å²) in [4.78, 5) is 20.5. The van der Waals surface area contributed by atoms with Crippen LogP contribution in [0.4, 0.5) is 10.1 Å². The third-order valence-electron chi connectivity index (χ3n) is 3.10. The SMILES string of the molecule is Cc1nc(CC(=O)Nc2cccnc2Oc2ccccc2F)cs1. The van der Waals surface area contributed by atoms with E-state index in [9.17, 15) is 9.18 Å². The molecule has 0 spiro atoms.